The van der Waals surface area contributed by atoms with Crippen LogP contribution in [0.3, 0.4) is 0 Å². The van der Waals surface area contributed by atoms with E-state index in [1.165, 1.54) is 51.7 Å². The Morgan fingerprint density at radius 2 is 1.95 bits per heavy atom. The molecule has 2 fully saturated rings. The van der Waals surface area contributed by atoms with Crippen molar-refractivity contribution in [2.75, 3.05) is 46.4 Å². The highest BCUT2D eigenvalue weighted by molar-refractivity contribution is 4.88. The Morgan fingerprint density at radius 3 is 2.63 bits per heavy atom. The molecule has 2 saturated heterocycles. The molecular weight excluding hydrogens is 236 g/mol. The van der Waals surface area contributed by atoms with Gasteiger partial charge in [0, 0.05) is 25.1 Å². The molecule has 1 unspecified atom stereocenters. The molecule has 3 nitrogen and oxygen atoms in total. The highest BCUT2D eigenvalue weighted by Crippen LogP contribution is 2.33. The van der Waals surface area contributed by atoms with Gasteiger partial charge in [0.05, 0.1) is 6.61 Å². The van der Waals surface area contributed by atoms with Gasteiger partial charge in [0.25, 0.3) is 0 Å². The highest BCUT2D eigenvalue weighted by Gasteiger charge is 2.35. The molecule has 2 rings (SSSR count). The van der Waals surface area contributed by atoms with E-state index in [2.05, 4.69) is 31.1 Å². The molecule has 2 aliphatic heterocycles. The maximum atomic E-state index is 5.79. The summed E-state index contributed by atoms with van der Waals surface area (Å²) in [4.78, 5) is 2.70. The molecule has 3 heteroatoms. The first-order valence-corrected chi connectivity index (χ1v) is 8.00. The van der Waals surface area contributed by atoms with Crippen molar-refractivity contribution in [3.8, 4) is 0 Å². The summed E-state index contributed by atoms with van der Waals surface area (Å²) in [5, 5.41) is 3.39. The second kappa shape index (κ2) is 6.55. The van der Waals surface area contributed by atoms with E-state index in [-0.39, 0.29) is 0 Å². The smallest absolute Gasteiger partial charge is 0.0546 e. The number of ether oxygens (including phenoxy) is 1. The topological polar surface area (TPSA) is 24.5 Å². The van der Waals surface area contributed by atoms with Crippen LogP contribution in [0.5, 0.6) is 0 Å². The van der Waals surface area contributed by atoms with Gasteiger partial charge < -0.3 is 15.0 Å². The van der Waals surface area contributed by atoms with Gasteiger partial charge in [-0.25, -0.2) is 0 Å². The van der Waals surface area contributed by atoms with Crippen molar-refractivity contribution in [2.45, 2.75) is 46.0 Å². The van der Waals surface area contributed by atoms with Gasteiger partial charge in [0.1, 0.15) is 0 Å². The molecule has 1 N–H and O–H groups in total. The van der Waals surface area contributed by atoms with Crippen LogP contribution in [0.1, 0.15) is 46.0 Å². The van der Waals surface area contributed by atoms with Crippen molar-refractivity contribution in [2.24, 2.45) is 10.8 Å². The SMILES string of the molecule is CNCC1(CN2CCCC(C)(C)CC2)CCCOC1. The fourth-order valence-electron chi connectivity index (χ4n) is 3.72. The Kier molecular flexibility index (Phi) is 5.27. The zero-order valence-corrected chi connectivity index (χ0v) is 13.1. The summed E-state index contributed by atoms with van der Waals surface area (Å²) in [7, 11) is 2.07. The first-order chi connectivity index (χ1) is 9.05. The first kappa shape index (κ1) is 15.3. The second-order valence-electron chi connectivity index (χ2n) is 7.48. The maximum Gasteiger partial charge on any atom is 0.0546 e. The Hall–Kier alpha value is -0.120. The van der Waals surface area contributed by atoms with E-state index >= 15 is 0 Å². The highest BCUT2D eigenvalue weighted by atomic mass is 16.5. The Bertz CT molecular complexity index is 266. The number of hydrogen-bond acceptors (Lipinski definition) is 3. The van der Waals surface area contributed by atoms with Crippen molar-refractivity contribution in [3.05, 3.63) is 0 Å². The molecule has 0 amide bonds. The van der Waals surface area contributed by atoms with E-state index in [9.17, 15) is 0 Å². The zero-order chi connectivity index (χ0) is 13.8. The molecule has 0 bridgehead atoms. The average Bonchev–Trinajstić information content (AvgIpc) is 2.52. The third-order valence-corrected chi connectivity index (χ3v) is 4.95. The van der Waals surface area contributed by atoms with Gasteiger partial charge in [0.2, 0.25) is 0 Å². The summed E-state index contributed by atoms with van der Waals surface area (Å²) in [6.45, 7) is 11.6. The van der Waals surface area contributed by atoms with Crippen LogP contribution in [0.15, 0.2) is 0 Å². The monoisotopic (exact) mass is 268 g/mol. The summed E-state index contributed by atoms with van der Waals surface area (Å²) in [6, 6.07) is 0. The molecule has 1 atom stereocenters. The average molecular weight is 268 g/mol. The van der Waals surface area contributed by atoms with Crippen molar-refractivity contribution >= 4 is 0 Å². The van der Waals surface area contributed by atoms with E-state index in [1.807, 2.05) is 0 Å². The van der Waals surface area contributed by atoms with Crippen LogP contribution in [-0.4, -0.2) is 51.3 Å². The molecule has 0 aliphatic carbocycles. The van der Waals surface area contributed by atoms with Gasteiger partial charge in [-0.05, 0) is 57.7 Å². The maximum absolute atomic E-state index is 5.79. The van der Waals surface area contributed by atoms with Crippen molar-refractivity contribution < 1.29 is 4.74 Å². The van der Waals surface area contributed by atoms with Crippen LogP contribution >= 0.6 is 0 Å². The van der Waals surface area contributed by atoms with Gasteiger partial charge >= 0.3 is 0 Å². The number of nitrogens with zero attached hydrogens (tertiary/aromatic N) is 1. The quantitative estimate of drug-likeness (QED) is 0.848. The van der Waals surface area contributed by atoms with Crippen LogP contribution < -0.4 is 5.32 Å². The molecular formula is C16H32N2O. The molecule has 0 saturated carbocycles. The normalized spacial score (nSPS) is 33.0. The van der Waals surface area contributed by atoms with Crippen LogP contribution in [0.25, 0.3) is 0 Å². The first-order valence-electron chi connectivity index (χ1n) is 8.00. The van der Waals surface area contributed by atoms with Gasteiger partial charge in [-0.2, -0.15) is 0 Å². The summed E-state index contributed by atoms with van der Waals surface area (Å²) in [5.41, 5.74) is 0.884. The summed E-state index contributed by atoms with van der Waals surface area (Å²) in [6.07, 6.45) is 6.60. The molecule has 112 valence electrons. The van der Waals surface area contributed by atoms with Gasteiger partial charge in [-0.15, -0.1) is 0 Å². The molecule has 0 spiro atoms. The standard InChI is InChI=1S/C16H32N2O/c1-15(2)6-4-9-18(10-8-15)13-16(12-17-3)7-5-11-19-14-16/h17H,4-14H2,1-3H3. The van der Waals surface area contributed by atoms with Crippen molar-refractivity contribution in [1.82, 2.24) is 10.2 Å². The summed E-state index contributed by atoms with van der Waals surface area (Å²) < 4.78 is 5.79. The lowest BCUT2D eigenvalue weighted by atomic mass is 9.81. The lowest BCUT2D eigenvalue weighted by Crippen LogP contribution is -2.48. The lowest BCUT2D eigenvalue weighted by Gasteiger charge is -2.40. The van der Waals surface area contributed by atoms with E-state index in [1.54, 1.807) is 0 Å². The summed E-state index contributed by atoms with van der Waals surface area (Å²) >= 11 is 0. The minimum Gasteiger partial charge on any atom is -0.381 e. The number of likely N-dealkylation sites (tertiary alicyclic amines) is 1. The largest absolute Gasteiger partial charge is 0.381 e. The van der Waals surface area contributed by atoms with E-state index in [0.29, 0.717) is 10.8 Å². The molecule has 0 aromatic rings. The van der Waals surface area contributed by atoms with Gasteiger partial charge in [0.15, 0.2) is 0 Å². The molecule has 0 aromatic heterocycles. The molecule has 0 aromatic carbocycles. The minimum atomic E-state index is 0.349. The molecule has 0 radical (unpaired) electrons. The predicted octanol–water partition coefficient (Wildman–Crippen LogP) is 2.51. The fourth-order valence-corrected chi connectivity index (χ4v) is 3.72. The Morgan fingerprint density at radius 1 is 1.11 bits per heavy atom. The second-order valence-corrected chi connectivity index (χ2v) is 7.48. The van der Waals surface area contributed by atoms with Crippen LogP contribution in [-0.2, 0) is 4.74 Å². The van der Waals surface area contributed by atoms with E-state index < -0.39 is 0 Å². The minimum absolute atomic E-state index is 0.349. The van der Waals surface area contributed by atoms with Crippen molar-refractivity contribution in [1.29, 1.82) is 0 Å². The van der Waals surface area contributed by atoms with Crippen LogP contribution in [0.2, 0.25) is 0 Å². The summed E-state index contributed by atoms with van der Waals surface area (Å²) in [5.74, 6) is 0. The van der Waals surface area contributed by atoms with E-state index in [0.717, 1.165) is 19.8 Å². The zero-order valence-electron chi connectivity index (χ0n) is 13.1. The molecule has 2 heterocycles. The van der Waals surface area contributed by atoms with Gasteiger partial charge in [-0.1, -0.05) is 13.8 Å². The third kappa shape index (κ3) is 4.44. The van der Waals surface area contributed by atoms with E-state index in [4.69, 9.17) is 4.74 Å². The third-order valence-electron chi connectivity index (χ3n) is 4.95. The number of hydrogen-bond donors (Lipinski definition) is 1. The Balaban J connectivity index is 1.93. The molecule has 19 heavy (non-hydrogen) atoms. The van der Waals surface area contributed by atoms with Crippen LogP contribution in [0, 0.1) is 10.8 Å². The lowest BCUT2D eigenvalue weighted by molar-refractivity contribution is -0.0252. The van der Waals surface area contributed by atoms with Gasteiger partial charge in [-0.3, -0.25) is 0 Å². The Labute approximate surface area is 119 Å². The fraction of sp³-hybridized carbons (Fsp3) is 1.00. The number of rotatable bonds is 4. The predicted molar refractivity (Wildman–Crippen MR) is 80.5 cm³/mol. The number of nitrogens with one attached hydrogen (secondary N) is 1. The molecule has 2 aliphatic rings. The van der Waals surface area contributed by atoms with Crippen LogP contribution in [0.4, 0.5) is 0 Å². The van der Waals surface area contributed by atoms with Crippen molar-refractivity contribution in [3.63, 3.8) is 0 Å².